The van der Waals surface area contributed by atoms with E-state index >= 15 is 0 Å². The molecular formula is C12H13ClN4O3. The highest BCUT2D eigenvalue weighted by Gasteiger charge is 2.14. The second-order valence-electron chi connectivity index (χ2n) is 4.06. The highest BCUT2D eigenvalue weighted by Crippen LogP contribution is 2.27. The first kappa shape index (κ1) is 14.4. The van der Waals surface area contributed by atoms with Crippen molar-refractivity contribution in [2.24, 2.45) is 0 Å². The molecule has 0 atom stereocenters. The Hall–Kier alpha value is -1.99. The molecule has 1 aromatic carbocycles. The Labute approximate surface area is 120 Å². The molecule has 2 aromatic rings. The third-order valence-corrected chi connectivity index (χ3v) is 2.79. The summed E-state index contributed by atoms with van der Waals surface area (Å²) < 4.78 is 5.46. The number of aromatic nitrogens is 2. The number of nitrogens with one attached hydrogen (secondary N) is 1. The van der Waals surface area contributed by atoms with Crippen LogP contribution in [0.2, 0.25) is 5.02 Å². The summed E-state index contributed by atoms with van der Waals surface area (Å²) in [7, 11) is 0. The van der Waals surface area contributed by atoms with E-state index in [1.807, 2.05) is 6.92 Å². The van der Waals surface area contributed by atoms with Crippen LogP contribution in [0.25, 0.3) is 11.5 Å². The fraction of sp³-hybridized carbons (Fsp3) is 0.333. The zero-order valence-electron chi connectivity index (χ0n) is 10.8. The number of hydrogen-bond acceptors (Lipinski definition) is 6. The van der Waals surface area contributed by atoms with Crippen molar-refractivity contribution in [2.45, 2.75) is 13.3 Å². The first-order valence-corrected chi connectivity index (χ1v) is 6.46. The molecule has 0 aliphatic rings. The van der Waals surface area contributed by atoms with E-state index in [0.29, 0.717) is 17.9 Å². The van der Waals surface area contributed by atoms with Gasteiger partial charge in [-0.25, -0.2) is 0 Å². The molecule has 0 fully saturated rings. The topological polar surface area (TPSA) is 94.1 Å². The number of halogens is 1. The van der Waals surface area contributed by atoms with Crippen molar-refractivity contribution < 1.29 is 9.34 Å². The van der Waals surface area contributed by atoms with Gasteiger partial charge >= 0.3 is 0 Å². The predicted octanol–water partition coefficient (Wildman–Crippen LogP) is 2.45. The molecule has 0 bridgehead atoms. The lowest BCUT2D eigenvalue weighted by Crippen LogP contribution is -2.16. The molecule has 8 heteroatoms. The maximum atomic E-state index is 10.8. The number of hydrogen-bond donors (Lipinski definition) is 1. The molecule has 1 heterocycles. The molecule has 0 saturated heterocycles. The zero-order valence-corrected chi connectivity index (χ0v) is 11.6. The van der Waals surface area contributed by atoms with Gasteiger partial charge in [-0.15, -0.1) is 10.2 Å². The van der Waals surface area contributed by atoms with Gasteiger partial charge in [-0.2, -0.15) is 0 Å². The summed E-state index contributed by atoms with van der Waals surface area (Å²) >= 11 is 5.85. The summed E-state index contributed by atoms with van der Waals surface area (Å²) in [6.45, 7) is 3.60. The second kappa shape index (κ2) is 6.44. The van der Waals surface area contributed by atoms with E-state index in [9.17, 15) is 10.1 Å². The molecule has 0 spiro atoms. The monoisotopic (exact) mass is 296 g/mol. The first-order valence-electron chi connectivity index (χ1n) is 6.08. The van der Waals surface area contributed by atoms with Gasteiger partial charge < -0.3 is 9.73 Å². The average Bonchev–Trinajstić information content (AvgIpc) is 2.87. The van der Waals surface area contributed by atoms with Crippen molar-refractivity contribution in [1.82, 2.24) is 15.5 Å². The van der Waals surface area contributed by atoms with Gasteiger partial charge in [0, 0.05) is 35.7 Å². The van der Waals surface area contributed by atoms with E-state index in [2.05, 4.69) is 15.5 Å². The minimum Gasteiger partial charge on any atom is -0.421 e. The Morgan fingerprint density at radius 2 is 2.20 bits per heavy atom. The Bertz CT molecular complexity index is 614. The summed E-state index contributed by atoms with van der Waals surface area (Å²) in [5.41, 5.74) is 0.325. The molecule has 2 rings (SSSR count). The van der Waals surface area contributed by atoms with Crippen LogP contribution in [0.15, 0.2) is 22.6 Å². The van der Waals surface area contributed by atoms with Crippen molar-refractivity contribution in [3.05, 3.63) is 39.2 Å². The van der Waals surface area contributed by atoms with Crippen molar-refractivity contribution >= 4 is 17.3 Å². The highest BCUT2D eigenvalue weighted by atomic mass is 35.5. The molecule has 0 amide bonds. The van der Waals surface area contributed by atoms with E-state index in [1.165, 1.54) is 12.1 Å². The van der Waals surface area contributed by atoms with Crippen LogP contribution in [-0.4, -0.2) is 28.2 Å². The molecule has 7 nitrogen and oxygen atoms in total. The fourth-order valence-corrected chi connectivity index (χ4v) is 1.88. The lowest BCUT2D eigenvalue weighted by molar-refractivity contribution is -0.384. The smallest absolute Gasteiger partial charge is 0.271 e. The van der Waals surface area contributed by atoms with Crippen LogP contribution in [0.3, 0.4) is 0 Å². The van der Waals surface area contributed by atoms with Crippen LogP contribution in [0.5, 0.6) is 0 Å². The van der Waals surface area contributed by atoms with E-state index in [0.717, 1.165) is 13.1 Å². The molecule has 0 aliphatic carbocycles. The maximum Gasteiger partial charge on any atom is 0.271 e. The summed E-state index contributed by atoms with van der Waals surface area (Å²) in [5, 5.41) is 22.0. The van der Waals surface area contributed by atoms with Crippen LogP contribution < -0.4 is 5.32 Å². The van der Waals surface area contributed by atoms with E-state index in [4.69, 9.17) is 16.0 Å². The number of likely N-dealkylation sites (N-methyl/N-ethyl adjacent to an activating group) is 1. The van der Waals surface area contributed by atoms with Crippen LogP contribution in [0.4, 0.5) is 5.69 Å². The van der Waals surface area contributed by atoms with Gasteiger partial charge in [0.15, 0.2) is 0 Å². The zero-order chi connectivity index (χ0) is 14.5. The predicted molar refractivity (Wildman–Crippen MR) is 73.6 cm³/mol. The normalized spacial score (nSPS) is 10.7. The van der Waals surface area contributed by atoms with Gasteiger partial charge in [-0.3, -0.25) is 10.1 Å². The molecular weight excluding hydrogens is 284 g/mol. The van der Waals surface area contributed by atoms with Gasteiger partial charge in [-0.1, -0.05) is 18.5 Å². The molecule has 0 aliphatic heterocycles. The molecule has 1 N–H and O–H groups in total. The number of benzene rings is 1. The maximum absolute atomic E-state index is 10.8. The van der Waals surface area contributed by atoms with Crippen LogP contribution in [0.1, 0.15) is 12.8 Å². The van der Waals surface area contributed by atoms with Gasteiger partial charge in [0.2, 0.25) is 11.8 Å². The molecule has 1 aromatic heterocycles. The van der Waals surface area contributed by atoms with Crippen molar-refractivity contribution in [3.8, 4) is 11.5 Å². The molecule has 0 saturated carbocycles. The quantitative estimate of drug-likeness (QED) is 0.500. The molecule has 106 valence electrons. The summed E-state index contributed by atoms with van der Waals surface area (Å²) in [4.78, 5) is 10.3. The van der Waals surface area contributed by atoms with E-state index < -0.39 is 4.92 Å². The van der Waals surface area contributed by atoms with Crippen LogP contribution >= 0.6 is 11.6 Å². The molecule has 0 radical (unpaired) electrons. The third-order valence-electron chi connectivity index (χ3n) is 2.57. The van der Waals surface area contributed by atoms with E-state index in [1.54, 1.807) is 6.07 Å². The summed E-state index contributed by atoms with van der Waals surface area (Å²) in [6.07, 6.45) is 0.601. The Balaban J connectivity index is 2.21. The van der Waals surface area contributed by atoms with Gasteiger partial charge in [0.1, 0.15) is 0 Å². The molecule has 20 heavy (non-hydrogen) atoms. The van der Waals surface area contributed by atoms with E-state index in [-0.39, 0.29) is 16.6 Å². The fourth-order valence-electron chi connectivity index (χ4n) is 1.65. The minimum absolute atomic E-state index is 0.111. The SMILES string of the molecule is CCNCCc1nnc(-c2cc(Cl)cc([N+](=O)[O-])c2)o1. The van der Waals surface area contributed by atoms with Crippen molar-refractivity contribution in [3.63, 3.8) is 0 Å². The first-order chi connectivity index (χ1) is 9.60. The largest absolute Gasteiger partial charge is 0.421 e. The number of nitro groups is 1. The van der Waals surface area contributed by atoms with Crippen LogP contribution in [-0.2, 0) is 6.42 Å². The third kappa shape index (κ3) is 3.52. The molecule has 0 unspecified atom stereocenters. The summed E-state index contributed by atoms with van der Waals surface area (Å²) in [6, 6.07) is 4.18. The number of rotatable bonds is 6. The lowest BCUT2D eigenvalue weighted by Gasteiger charge is -1.98. The Morgan fingerprint density at radius 3 is 2.90 bits per heavy atom. The van der Waals surface area contributed by atoms with Crippen molar-refractivity contribution in [2.75, 3.05) is 13.1 Å². The van der Waals surface area contributed by atoms with Crippen LogP contribution in [0, 0.1) is 10.1 Å². The average molecular weight is 297 g/mol. The second-order valence-corrected chi connectivity index (χ2v) is 4.50. The Kier molecular flexibility index (Phi) is 4.65. The number of nitro benzene ring substituents is 1. The Morgan fingerprint density at radius 1 is 1.40 bits per heavy atom. The number of non-ortho nitro benzene ring substituents is 1. The van der Waals surface area contributed by atoms with Gasteiger partial charge in [-0.05, 0) is 12.6 Å². The van der Waals surface area contributed by atoms with Gasteiger partial charge in [0.25, 0.3) is 5.69 Å². The number of nitrogens with zero attached hydrogens (tertiary/aromatic N) is 3. The summed E-state index contributed by atoms with van der Waals surface area (Å²) in [5.74, 6) is 0.700. The minimum atomic E-state index is -0.516. The highest BCUT2D eigenvalue weighted by molar-refractivity contribution is 6.31. The standard InChI is InChI=1S/C12H13ClN4O3/c1-2-14-4-3-11-15-16-12(20-11)8-5-9(13)7-10(6-8)17(18)19/h5-7,14H,2-4H2,1H3. The lowest BCUT2D eigenvalue weighted by atomic mass is 10.2. The van der Waals surface area contributed by atoms with Crippen molar-refractivity contribution in [1.29, 1.82) is 0 Å². The van der Waals surface area contributed by atoms with Gasteiger partial charge in [0.05, 0.1) is 4.92 Å².